The number of aromatic hydroxyl groups is 1. The van der Waals surface area contributed by atoms with Crippen LogP contribution in [-0.2, 0) is 15.8 Å². The number of amides is 2. The van der Waals surface area contributed by atoms with Crippen molar-refractivity contribution in [1.82, 2.24) is 4.98 Å². The van der Waals surface area contributed by atoms with Crippen LogP contribution in [0, 0.1) is 29.6 Å². The Bertz CT molecular complexity index is 1510. The minimum atomic E-state index is -4.59. The Morgan fingerprint density at radius 3 is 2.38 bits per heavy atom. The average molecular weight is 545 g/mol. The molecule has 4 aliphatic rings. The number of carbonyl (C=O) groups is 2. The summed E-state index contributed by atoms with van der Waals surface area (Å²) < 4.78 is 40.0. The third-order valence-electron chi connectivity index (χ3n) is 8.41. The van der Waals surface area contributed by atoms with Gasteiger partial charge in [0.05, 0.1) is 28.1 Å². The van der Waals surface area contributed by atoms with Crippen molar-refractivity contribution in [2.24, 2.45) is 29.6 Å². The van der Waals surface area contributed by atoms with E-state index >= 15 is 0 Å². The number of aromatic nitrogens is 1. The van der Waals surface area contributed by atoms with Crippen molar-refractivity contribution in [1.29, 1.82) is 0 Å². The fraction of sp³-hybridized carbons (Fsp3) is 0.346. The van der Waals surface area contributed by atoms with Gasteiger partial charge in [0.1, 0.15) is 5.75 Å². The Hall–Kier alpha value is -3.05. The number of carbonyl (C=O) groups excluding carboxylic acids is 2. The lowest BCUT2D eigenvalue weighted by molar-refractivity contribution is -0.137. The number of hydrogen-bond donors (Lipinski definition) is 2. The highest BCUT2D eigenvalue weighted by Crippen LogP contribution is 2.68. The molecule has 2 aromatic carbocycles. The zero-order chi connectivity index (χ0) is 25.8. The normalized spacial score (nSPS) is 32.0. The minimum Gasteiger partial charge on any atom is -0.508 e. The summed E-state index contributed by atoms with van der Waals surface area (Å²) in [6.07, 6.45) is -3.91. The van der Waals surface area contributed by atoms with E-state index in [2.05, 4.69) is 4.98 Å². The van der Waals surface area contributed by atoms with Gasteiger partial charge in [-0.05, 0) is 60.1 Å². The van der Waals surface area contributed by atoms with Gasteiger partial charge >= 0.3 is 11.0 Å². The number of phenolic OH excluding ortho intramolecular Hbond substituents is 1. The van der Waals surface area contributed by atoms with E-state index in [1.165, 1.54) is 12.1 Å². The molecule has 7 rings (SSSR count). The third-order valence-corrected chi connectivity index (χ3v) is 11.0. The number of alkyl halides is 3. The van der Waals surface area contributed by atoms with E-state index in [-0.39, 0.29) is 45.2 Å². The molecule has 3 aromatic rings. The highest BCUT2D eigenvalue weighted by molar-refractivity contribution is 8.00. The Morgan fingerprint density at radius 2 is 1.68 bits per heavy atom. The molecule has 2 bridgehead atoms. The smallest absolute Gasteiger partial charge is 0.416 e. The van der Waals surface area contributed by atoms with Gasteiger partial charge in [0, 0.05) is 16.0 Å². The predicted molar refractivity (Wildman–Crippen MR) is 131 cm³/mol. The zero-order valence-corrected chi connectivity index (χ0v) is 20.6. The fourth-order valence-corrected chi connectivity index (χ4v) is 10.0. The van der Waals surface area contributed by atoms with E-state index in [1.807, 2.05) is 12.1 Å². The number of halogens is 3. The largest absolute Gasteiger partial charge is 0.508 e. The number of nitrogens with zero attached hydrogens (tertiary/aromatic N) is 1. The van der Waals surface area contributed by atoms with Crippen molar-refractivity contribution < 1.29 is 27.9 Å². The first-order valence-corrected chi connectivity index (χ1v) is 13.6. The molecule has 2 amide bonds. The van der Waals surface area contributed by atoms with Crippen LogP contribution in [0.2, 0.25) is 0 Å². The monoisotopic (exact) mass is 544 g/mol. The van der Waals surface area contributed by atoms with Crippen LogP contribution in [0.5, 0.6) is 5.75 Å². The maximum Gasteiger partial charge on any atom is 0.416 e. The maximum atomic E-state index is 13.7. The van der Waals surface area contributed by atoms with E-state index in [9.17, 15) is 32.7 Å². The van der Waals surface area contributed by atoms with Gasteiger partial charge in [-0.25, -0.2) is 0 Å². The number of phenols is 1. The van der Waals surface area contributed by atoms with Gasteiger partial charge in [-0.3, -0.25) is 19.3 Å². The first-order chi connectivity index (χ1) is 17.6. The van der Waals surface area contributed by atoms with Crippen LogP contribution in [0.15, 0.2) is 58.4 Å². The van der Waals surface area contributed by atoms with Gasteiger partial charge < -0.3 is 10.1 Å². The molecule has 0 spiro atoms. The second-order valence-corrected chi connectivity index (χ2v) is 12.3. The van der Waals surface area contributed by atoms with E-state index in [4.69, 9.17) is 0 Å². The van der Waals surface area contributed by atoms with Crippen LogP contribution in [-0.4, -0.2) is 27.2 Å². The van der Waals surface area contributed by atoms with Gasteiger partial charge in [-0.1, -0.05) is 29.5 Å². The van der Waals surface area contributed by atoms with Crippen LogP contribution in [0.4, 0.5) is 18.9 Å². The number of imide groups is 1. The van der Waals surface area contributed by atoms with Crippen molar-refractivity contribution >= 4 is 40.6 Å². The number of aromatic amines is 1. The molecule has 37 heavy (non-hydrogen) atoms. The first kappa shape index (κ1) is 23.1. The molecule has 0 radical (unpaired) electrons. The molecule has 3 heterocycles. The second-order valence-electron chi connectivity index (χ2n) is 10.1. The van der Waals surface area contributed by atoms with Crippen molar-refractivity contribution in [2.75, 3.05) is 4.90 Å². The molecule has 11 heteroatoms. The number of benzene rings is 2. The molecule has 2 aliphatic heterocycles. The average Bonchev–Trinajstić information content (AvgIpc) is 3.58. The lowest BCUT2D eigenvalue weighted by Gasteiger charge is -2.43. The number of H-pyrrole nitrogens is 1. The van der Waals surface area contributed by atoms with Crippen molar-refractivity contribution in [3.63, 3.8) is 0 Å². The quantitative estimate of drug-likeness (QED) is 0.451. The van der Waals surface area contributed by atoms with Crippen LogP contribution in [0.3, 0.4) is 0 Å². The number of hydrogen-bond acceptors (Lipinski definition) is 6. The maximum absolute atomic E-state index is 13.7. The van der Waals surface area contributed by atoms with E-state index < -0.39 is 35.4 Å². The summed E-state index contributed by atoms with van der Waals surface area (Å²) in [7, 11) is 0. The highest BCUT2D eigenvalue weighted by atomic mass is 32.2. The van der Waals surface area contributed by atoms with Gasteiger partial charge in [-0.2, -0.15) is 13.2 Å². The Morgan fingerprint density at radius 1 is 0.973 bits per heavy atom. The number of anilines is 1. The third kappa shape index (κ3) is 3.22. The molecule has 3 fully saturated rings. The molecule has 2 saturated carbocycles. The van der Waals surface area contributed by atoms with Crippen LogP contribution < -0.4 is 9.77 Å². The molecule has 7 atom stereocenters. The van der Waals surface area contributed by atoms with E-state index in [0.29, 0.717) is 6.42 Å². The van der Waals surface area contributed by atoms with Crippen molar-refractivity contribution in [3.8, 4) is 5.75 Å². The summed E-state index contributed by atoms with van der Waals surface area (Å²) in [5.74, 6) is -2.45. The lowest BCUT2D eigenvalue weighted by Crippen LogP contribution is -2.42. The molecule has 2 N–H and O–H groups in total. The van der Waals surface area contributed by atoms with Gasteiger partial charge in [-0.15, -0.1) is 11.8 Å². The minimum absolute atomic E-state index is 0.0268. The standard InChI is InChI=1S/C26H19F3N2O4S2/c27-26(28,29)11-2-1-3-12(8-11)31-23(33)18-14-9-15(19(18)24(31)34)20-17(14)16(10-4-6-13(32)7-5-10)21-22(36-20)30-25(35)37-21/h1-8,14-20,32H,9H2,(H,30,35)/t14-,15+,16+,17+,18+,19+,20-/m0/s1. The van der Waals surface area contributed by atoms with Crippen LogP contribution in [0.1, 0.15) is 28.3 Å². The lowest BCUT2D eigenvalue weighted by atomic mass is 9.68. The second kappa shape index (κ2) is 7.73. The summed E-state index contributed by atoms with van der Waals surface area (Å²) in [5.41, 5.74) is -0.0383. The molecular formula is C26H19F3N2O4S2. The number of fused-ring (bicyclic) bond motifs is 9. The predicted octanol–water partition coefficient (Wildman–Crippen LogP) is 4.84. The summed E-state index contributed by atoms with van der Waals surface area (Å²) in [4.78, 5) is 44.2. The molecule has 1 saturated heterocycles. The van der Waals surface area contributed by atoms with Crippen molar-refractivity contribution in [3.05, 3.63) is 74.2 Å². The fourth-order valence-electron chi connectivity index (χ4n) is 7.15. The van der Waals surface area contributed by atoms with Gasteiger partial charge in [0.2, 0.25) is 11.8 Å². The highest BCUT2D eigenvalue weighted by Gasteiger charge is 2.69. The van der Waals surface area contributed by atoms with Crippen LogP contribution in [0.25, 0.3) is 0 Å². The van der Waals surface area contributed by atoms with E-state index in [0.717, 1.165) is 43.8 Å². The molecule has 6 nitrogen and oxygen atoms in total. The summed E-state index contributed by atoms with van der Waals surface area (Å²) >= 11 is 2.68. The van der Waals surface area contributed by atoms with Crippen LogP contribution >= 0.6 is 23.1 Å². The Labute approximate surface area is 216 Å². The zero-order valence-electron chi connectivity index (χ0n) is 18.9. The summed E-state index contributed by atoms with van der Waals surface area (Å²) in [6, 6.07) is 11.2. The van der Waals surface area contributed by atoms with Gasteiger partial charge in [0.15, 0.2) is 0 Å². The summed E-state index contributed by atoms with van der Waals surface area (Å²) in [5, 5.41) is 10.6. The number of nitrogens with one attached hydrogen (secondary N) is 1. The Kier molecular flexibility index (Phi) is 4.83. The molecule has 1 aromatic heterocycles. The first-order valence-electron chi connectivity index (χ1n) is 11.9. The van der Waals surface area contributed by atoms with Crippen molar-refractivity contribution in [2.45, 2.75) is 28.8 Å². The molecular weight excluding hydrogens is 525 g/mol. The molecule has 0 unspecified atom stereocenters. The topological polar surface area (TPSA) is 90.5 Å². The van der Waals surface area contributed by atoms with E-state index in [1.54, 1.807) is 23.9 Å². The number of rotatable bonds is 2. The molecule has 190 valence electrons. The molecule has 2 aliphatic carbocycles. The summed E-state index contributed by atoms with van der Waals surface area (Å²) in [6.45, 7) is 0. The Balaban J connectivity index is 1.30. The number of thioether (sulfide) groups is 1. The SMILES string of the molecule is O=C1[C@@H]2[C@H]3C[C@@H]([C@@H]4Sc5[nH]c(=O)sc5[C@H](c5ccc(O)cc5)[C@@H]34)[C@H]2C(=O)N1c1cccc(C(F)(F)F)c1. The van der Waals surface area contributed by atoms with Gasteiger partial charge in [0.25, 0.3) is 0 Å². The number of thiazole rings is 1.